The number of carbonyl (C=O) groups is 1. The van der Waals surface area contributed by atoms with Gasteiger partial charge in [-0.2, -0.15) is 0 Å². The molecule has 0 unspecified atom stereocenters. The Morgan fingerprint density at radius 1 is 0.929 bits per heavy atom. The smallest absolute Gasteiger partial charge is 0.261 e. The maximum absolute atomic E-state index is 12.5. The molecule has 7 nitrogen and oxygen atoms in total. The standard InChI is InChI=1S/C20H20N4O3S/c1-15(25)23-18-8-10-20(11-9-18)28(26,27)24-19-6-4-17(5-7-19)22-14-16-3-2-12-21-13-16/h2-13,22,24H,14H2,1H3,(H,23,25). The summed E-state index contributed by atoms with van der Waals surface area (Å²) < 4.78 is 27.6. The van der Waals surface area contributed by atoms with Crippen LogP contribution >= 0.6 is 0 Å². The van der Waals surface area contributed by atoms with Crippen LogP contribution < -0.4 is 15.4 Å². The summed E-state index contributed by atoms with van der Waals surface area (Å²) in [6.07, 6.45) is 3.50. The van der Waals surface area contributed by atoms with Crippen LogP contribution in [0.25, 0.3) is 0 Å². The molecule has 144 valence electrons. The zero-order chi connectivity index (χ0) is 20.0. The minimum atomic E-state index is -3.72. The van der Waals surface area contributed by atoms with E-state index in [0.29, 0.717) is 17.9 Å². The fraction of sp³-hybridized carbons (Fsp3) is 0.100. The quantitative estimate of drug-likeness (QED) is 0.568. The van der Waals surface area contributed by atoms with Crippen molar-refractivity contribution in [3.8, 4) is 0 Å². The summed E-state index contributed by atoms with van der Waals surface area (Å²) in [5, 5.41) is 5.85. The van der Waals surface area contributed by atoms with Crippen molar-refractivity contribution in [3.63, 3.8) is 0 Å². The lowest BCUT2D eigenvalue weighted by atomic mass is 10.2. The third-order valence-corrected chi connectivity index (χ3v) is 5.24. The van der Waals surface area contributed by atoms with E-state index in [1.54, 1.807) is 48.8 Å². The van der Waals surface area contributed by atoms with Gasteiger partial charge in [0.1, 0.15) is 0 Å². The first kappa shape index (κ1) is 19.4. The number of nitrogens with zero attached hydrogens (tertiary/aromatic N) is 1. The van der Waals surface area contributed by atoms with Gasteiger partial charge in [0.25, 0.3) is 10.0 Å². The molecule has 3 rings (SSSR count). The summed E-state index contributed by atoms with van der Waals surface area (Å²) in [7, 11) is -3.72. The lowest BCUT2D eigenvalue weighted by molar-refractivity contribution is -0.114. The minimum Gasteiger partial charge on any atom is -0.381 e. The molecule has 0 saturated carbocycles. The van der Waals surface area contributed by atoms with E-state index in [2.05, 4.69) is 20.3 Å². The number of sulfonamides is 1. The molecule has 1 heterocycles. The molecule has 0 bridgehead atoms. The summed E-state index contributed by atoms with van der Waals surface area (Å²) in [6.45, 7) is 2.01. The second-order valence-corrected chi connectivity index (χ2v) is 7.79. The Kier molecular flexibility index (Phi) is 5.90. The van der Waals surface area contributed by atoms with Gasteiger partial charge >= 0.3 is 0 Å². The fourth-order valence-electron chi connectivity index (χ4n) is 2.50. The van der Waals surface area contributed by atoms with Crippen molar-refractivity contribution >= 4 is 33.0 Å². The van der Waals surface area contributed by atoms with E-state index >= 15 is 0 Å². The van der Waals surface area contributed by atoms with Gasteiger partial charge < -0.3 is 10.6 Å². The molecule has 0 atom stereocenters. The molecule has 2 aromatic carbocycles. The molecule has 1 aromatic heterocycles. The average Bonchev–Trinajstić information content (AvgIpc) is 2.68. The second-order valence-electron chi connectivity index (χ2n) is 6.10. The molecular formula is C20H20N4O3S. The van der Waals surface area contributed by atoms with E-state index in [4.69, 9.17) is 0 Å². The first-order valence-corrected chi connectivity index (χ1v) is 10.0. The highest BCUT2D eigenvalue weighted by Gasteiger charge is 2.14. The molecule has 0 aliphatic heterocycles. The van der Waals surface area contributed by atoms with Gasteiger partial charge in [-0.15, -0.1) is 0 Å². The number of aromatic nitrogens is 1. The summed E-state index contributed by atoms with van der Waals surface area (Å²) in [5.74, 6) is -0.217. The van der Waals surface area contributed by atoms with Crippen LogP contribution in [0.5, 0.6) is 0 Å². The second kappa shape index (κ2) is 8.53. The van der Waals surface area contributed by atoms with Crippen LogP contribution in [0.1, 0.15) is 12.5 Å². The van der Waals surface area contributed by atoms with Crippen LogP contribution in [-0.2, 0) is 21.4 Å². The van der Waals surface area contributed by atoms with Crippen molar-refractivity contribution in [2.75, 3.05) is 15.4 Å². The zero-order valence-electron chi connectivity index (χ0n) is 15.2. The highest BCUT2D eigenvalue weighted by atomic mass is 32.2. The Hall–Kier alpha value is -3.39. The maximum atomic E-state index is 12.5. The fourth-order valence-corrected chi connectivity index (χ4v) is 3.56. The van der Waals surface area contributed by atoms with Gasteiger partial charge in [-0.05, 0) is 60.2 Å². The molecule has 0 fully saturated rings. The first-order valence-electron chi connectivity index (χ1n) is 8.56. The van der Waals surface area contributed by atoms with Crippen molar-refractivity contribution in [3.05, 3.63) is 78.6 Å². The Balaban J connectivity index is 1.63. The van der Waals surface area contributed by atoms with Crippen LogP contribution in [0, 0.1) is 0 Å². The van der Waals surface area contributed by atoms with E-state index in [-0.39, 0.29) is 10.8 Å². The number of hydrogen-bond donors (Lipinski definition) is 3. The minimum absolute atomic E-state index is 0.111. The average molecular weight is 396 g/mol. The van der Waals surface area contributed by atoms with Crippen LogP contribution in [-0.4, -0.2) is 19.3 Å². The van der Waals surface area contributed by atoms with Gasteiger partial charge in [-0.1, -0.05) is 6.07 Å². The lowest BCUT2D eigenvalue weighted by Crippen LogP contribution is -2.13. The van der Waals surface area contributed by atoms with E-state index in [1.807, 2.05) is 12.1 Å². The van der Waals surface area contributed by atoms with E-state index in [1.165, 1.54) is 19.1 Å². The number of amides is 1. The van der Waals surface area contributed by atoms with E-state index in [9.17, 15) is 13.2 Å². The van der Waals surface area contributed by atoms with Crippen LogP contribution in [0.15, 0.2) is 78.0 Å². The Labute approximate surface area is 163 Å². The molecule has 0 aliphatic rings. The van der Waals surface area contributed by atoms with E-state index in [0.717, 1.165) is 11.3 Å². The highest BCUT2D eigenvalue weighted by molar-refractivity contribution is 7.92. The predicted molar refractivity (Wildman–Crippen MR) is 110 cm³/mol. The Morgan fingerprint density at radius 2 is 1.57 bits per heavy atom. The zero-order valence-corrected chi connectivity index (χ0v) is 16.0. The highest BCUT2D eigenvalue weighted by Crippen LogP contribution is 2.20. The number of hydrogen-bond acceptors (Lipinski definition) is 5. The number of nitrogens with one attached hydrogen (secondary N) is 3. The maximum Gasteiger partial charge on any atom is 0.261 e. The first-order chi connectivity index (χ1) is 13.4. The van der Waals surface area contributed by atoms with Gasteiger partial charge in [0.05, 0.1) is 4.90 Å². The summed E-state index contributed by atoms with van der Waals surface area (Å²) in [4.78, 5) is 15.2. The van der Waals surface area contributed by atoms with Crippen molar-refractivity contribution in [2.45, 2.75) is 18.4 Å². The SMILES string of the molecule is CC(=O)Nc1ccc(S(=O)(=O)Nc2ccc(NCc3cccnc3)cc2)cc1. The van der Waals surface area contributed by atoms with Crippen LogP contribution in [0.4, 0.5) is 17.1 Å². The van der Waals surface area contributed by atoms with Gasteiger partial charge in [0.2, 0.25) is 5.91 Å². The van der Waals surface area contributed by atoms with Crippen LogP contribution in [0.3, 0.4) is 0 Å². The van der Waals surface area contributed by atoms with Crippen molar-refractivity contribution in [1.82, 2.24) is 4.98 Å². The molecule has 0 aliphatic carbocycles. The summed E-state index contributed by atoms with van der Waals surface area (Å²) in [6, 6.07) is 16.8. The molecule has 8 heteroatoms. The van der Waals surface area contributed by atoms with Crippen molar-refractivity contribution in [2.24, 2.45) is 0 Å². The Morgan fingerprint density at radius 3 is 2.18 bits per heavy atom. The van der Waals surface area contributed by atoms with Gasteiger partial charge in [-0.25, -0.2) is 8.42 Å². The number of anilines is 3. The molecule has 3 aromatic rings. The molecular weight excluding hydrogens is 376 g/mol. The molecule has 0 saturated heterocycles. The largest absolute Gasteiger partial charge is 0.381 e. The summed E-state index contributed by atoms with van der Waals surface area (Å²) in [5.41, 5.74) is 2.91. The van der Waals surface area contributed by atoms with Crippen molar-refractivity contribution in [1.29, 1.82) is 0 Å². The van der Waals surface area contributed by atoms with Gasteiger partial charge in [0.15, 0.2) is 0 Å². The van der Waals surface area contributed by atoms with Gasteiger partial charge in [-0.3, -0.25) is 14.5 Å². The molecule has 1 amide bonds. The number of carbonyl (C=O) groups excluding carboxylic acids is 1. The monoisotopic (exact) mass is 396 g/mol. The van der Waals surface area contributed by atoms with Gasteiger partial charge in [0, 0.05) is 42.9 Å². The Bertz CT molecular complexity index is 1040. The third-order valence-electron chi connectivity index (χ3n) is 3.84. The number of benzene rings is 2. The third kappa shape index (κ3) is 5.31. The van der Waals surface area contributed by atoms with Crippen LogP contribution in [0.2, 0.25) is 0 Å². The molecule has 0 radical (unpaired) electrons. The van der Waals surface area contributed by atoms with E-state index < -0.39 is 10.0 Å². The normalized spacial score (nSPS) is 10.9. The topological polar surface area (TPSA) is 100 Å². The van der Waals surface area contributed by atoms with Crippen molar-refractivity contribution < 1.29 is 13.2 Å². The number of pyridine rings is 1. The molecule has 3 N–H and O–H groups in total. The molecule has 0 spiro atoms. The summed E-state index contributed by atoms with van der Waals surface area (Å²) >= 11 is 0. The predicted octanol–water partition coefficient (Wildman–Crippen LogP) is 3.45. The lowest BCUT2D eigenvalue weighted by Gasteiger charge is -2.11. The number of rotatable bonds is 7. The molecule has 28 heavy (non-hydrogen) atoms.